The highest BCUT2D eigenvalue weighted by Crippen LogP contribution is 2.43. The first-order chi connectivity index (χ1) is 18.6. The minimum absolute atomic E-state index is 0.355. The number of nitrogens with one attached hydrogen (secondary N) is 1. The van der Waals surface area contributed by atoms with Crippen LogP contribution in [-0.2, 0) is 10.3 Å². The number of ether oxygens (including phenoxy) is 2. The van der Waals surface area contributed by atoms with Crippen LogP contribution in [0.1, 0.15) is 64.3 Å². The standard InChI is InChI=1S/C29H37N5O4S/c1-28(2,3)38-27(35)34-17-14-29(36,15-18-34)25-33-23(19-9-11-21(37-4)12-10-19)24(39-25)22-13-16-30-26(32-22)31-20-7-5-6-8-20/h9-13,16,20,36H,5-8,14-15,17-18H2,1-4H3,(H,30,31,32). The molecular weight excluding hydrogens is 514 g/mol. The minimum atomic E-state index is -1.15. The Morgan fingerprint density at radius 1 is 1.10 bits per heavy atom. The second kappa shape index (κ2) is 11.1. The van der Waals surface area contributed by atoms with Gasteiger partial charge in [-0.3, -0.25) is 0 Å². The molecule has 0 radical (unpaired) electrons. The van der Waals surface area contributed by atoms with Crippen molar-refractivity contribution < 1.29 is 19.4 Å². The van der Waals surface area contributed by atoms with Crippen molar-refractivity contribution >= 4 is 23.4 Å². The highest BCUT2D eigenvalue weighted by Gasteiger charge is 2.40. The summed E-state index contributed by atoms with van der Waals surface area (Å²) < 4.78 is 10.9. The number of rotatable bonds is 6. The Hall–Kier alpha value is -3.24. The van der Waals surface area contributed by atoms with Gasteiger partial charge in [0.2, 0.25) is 5.95 Å². The fourth-order valence-corrected chi connectivity index (χ4v) is 6.25. The molecule has 2 fully saturated rings. The molecule has 9 nitrogen and oxygen atoms in total. The number of aromatic nitrogens is 3. The van der Waals surface area contributed by atoms with E-state index in [0.29, 0.717) is 42.9 Å². The summed E-state index contributed by atoms with van der Waals surface area (Å²) in [5, 5.41) is 15.8. The van der Waals surface area contributed by atoms with Crippen LogP contribution < -0.4 is 10.1 Å². The molecule has 1 amide bonds. The summed E-state index contributed by atoms with van der Waals surface area (Å²) in [7, 11) is 1.64. The number of carbonyl (C=O) groups is 1. The Bertz CT molecular complexity index is 1290. The van der Waals surface area contributed by atoms with Crippen LogP contribution in [0.4, 0.5) is 10.7 Å². The third-order valence-corrected chi connectivity index (χ3v) is 8.48. The van der Waals surface area contributed by atoms with Gasteiger partial charge in [0.1, 0.15) is 22.0 Å². The van der Waals surface area contributed by atoms with Gasteiger partial charge in [0.05, 0.1) is 23.4 Å². The number of piperidine rings is 1. The number of methoxy groups -OCH3 is 1. The molecule has 39 heavy (non-hydrogen) atoms. The molecule has 1 saturated heterocycles. The van der Waals surface area contributed by atoms with Gasteiger partial charge < -0.3 is 24.8 Å². The zero-order chi connectivity index (χ0) is 27.6. The number of anilines is 1. The molecule has 0 unspecified atom stereocenters. The van der Waals surface area contributed by atoms with E-state index in [1.165, 1.54) is 24.2 Å². The van der Waals surface area contributed by atoms with E-state index in [2.05, 4.69) is 10.3 Å². The van der Waals surface area contributed by atoms with E-state index in [0.717, 1.165) is 40.4 Å². The van der Waals surface area contributed by atoms with Crippen LogP contribution in [0.15, 0.2) is 36.5 Å². The molecular formula is C29H37N5O4S. The summed E-state index contributed by atoms with van der Waals surface area (Å²) in [6.07, 6.45) is 6.86. The van der Waals surface area contributed by atoms with Crippen LogP contribution in [0.3, 0.4) is 0 Å². The largest absolute Gasteiger partial charge is 0.497 e. The lowest BCUT2D eigenvalue weighted by atomic mass is 9.92. The average Bonchev–Trinajstić information content (AvgIpc) is 3.59. The molecule has 2 aliphatic rings. The molecule has 5 rings (SSSR count). The topological polar surface area (TPSA) is 110 Å². The molecule has 0 atom stereocenters. The maximum absolute atomic E-state index is 12.6. The quantitative estimate of drug-likeness (QED) is 0.393. The van der Waals surface area contributed by atoms with Gasteiger partial charge in [-0.05, 0) is 63.9 Å². The fraction of sp³-hybridized carbons (Fsp3) is 0.517. The normalized spacial score (nSPS) is 17.7. The Balaban J connectivity index is 1.45. The molecule has 3 aromatic rings. The van der Waals surface area contributed by atoms with Crippen molar-refractivity contribution in [3.63, 3.8) is 0 Å². The number of aliphatic hydroxyl groups is 1. The van der Waals surface area contributed by atoms with Gasteiger partial charge >= 0.3 is 6.09 Å². The maximum atomic E-state index is 12.6. The number of benzene rings is 1. The van der Waals surface area contributed by atoms with E-state index in [4.69, 9.17) is 19.4 Å². The Morgan fingerprint density at radius 2 is 1.79 bits per heavy atom. The van der Waals surface area contributed by atoms with Crippen molar-refractivity contribution in [2.24, 2.45) is 0 Å². The van der Waals surface area contributed by atoms with Crippen molar-refractivity contribution in [2.75, 3.05) is 25.5 Å². The zero-order valence-electron chi connectivity index (χ0n) is 23.1. The Morgan fingerprint density at radius 3 is 2.44 bits per heavy atom. The van der Waals surface area contributed by atoms with E-state index in [9.17, 15) is 9.90 Å². The third-order valence-electron chi connectivity index (χ3n) is 7.21. The molecule has 1 aliphatic carbocycles. The number of nitrogens with zero attached hydrogens (tertiary/aromatic N) is 4. The van der Waals surface area contributed by atoms with Gasteiger partial charge in [0.25, 0.3) is 0 Å². The van der Waals surface area contributed by atoms with Gasteiger partial charge in [0, 0.05) is 43.7 Å². The second-order valence-electron chi connectivity index (χ2n) is 11.3. The zero-order valence-corrected chi connectivity index (χ0v) is 23.9. The molecule has 3 heterocycles. The van der Waals surface area contributed by atoms with Crippen LogP contribution >= 0.6 is 11.3 Å². The smallest absolute Gasteiger partial charge is 0.410 e. The van der Waals surface area contributed by atoms with Crippen molar-refractivity contribution in [3.8, 4) is 27.6 Å². The lowest BCUT2D eigenvalue weighted by Crippen LogP contribution is -2.46. The lowest BCUT2D eigenvalue weighted by Gasteiger charge is -2.37. The monoisotopic (exact) mass is 551 g/mol. The predicted molar refractivity (Wildman–Crippen MR) is 152 cm³/mol. The van der Waals surface area contributed by atoms with Gasteiger partial charge in [0.15, 0.2) is 0 Å². The first-order valence-electron chi connectivity index (χ1n) is 13.6. The van der Waals surface area contributed by atoms with Gasteiger partial charge in [-0.2, -0.15) is 0 Å². The molecule has 208 valence electrons. The molecule has 0 bridgehead atoms. The first-order valence-corrected chi connectivity index (χ1v) is 14.4. The molecule has 2 N–H and O–H groups in total. The van der Waals surface area contributed by atoms with Gasteiger partial charge in [-0.15, -0.1) is 11.3 Å². The SMILES string of the molecule is COc1ccc(-c2nc(C3(O)CCN(C(=O)OC(C)(C)C)CC3)sc2-c2ccnc(NC3CCCC3)n2)cc1. The number of hydrogen-bond acceptors (Lipinski definition) is 9. The predicted octanol–water partition coefficient (Wildman–Crippen LogP) is 5.85. The average molecular weight is 552 g/mol. The summed E-state index contributed by atoms with van der Waals surface area (Å²) in [5.41, 5.74) is 0.708. The van der Waals surface area contributed by atoms with Crippen LogP contribution in [-0.4, -0.2) is 62.9 Å². The molecule has 1 aromatic carbocycles. The number of likely N-dealkylation sites (tertiary alicyclic amines) is 1. The maximum Gasteiger partial charge on any atom is 0.410 e. The van der Waals surface area contributed by atoms with Crippen molar-refractivity contribution in [1.82, 2.24) is 19.9 Å². The summed E-state index contributed by atoms with van der Waals surface area (Å²) in [4.78, 5) is 29.4. The fourth-order valence-electron chi connectivity index (χ4n) is 5.04. The van der Waals surface area contributed by atoms with Gasteiger partial charge in [-0.1, -0.05) is 12.8 Å². The summed E-state index contributed by atoms with van der Waals surface area (Å²) >= 11 is 1.45. The molecule has 0 spiro atoms. The Kier molecular flexibility index (Phi) is 7.77. The van der Waals surface area contributed by atoms with E-state index in [1.807, 2.05) is 51.1 Å². The van der Waals surface area contributed by atoms with Crippen molar-refractivity contribution in [2.45, 2.75) is 76.5 Å². The minimum Gasteiger partial charge on any atom is -0.497 e. The summed E-state index contributed by atoms with van der Waals surface area (Å²) in [6, 6.07) is 10.0. The first kappa shape index (κ1) is 27.3. The molecule has 1 saturated carbocycles. The van der Waals surface area contributed by atoms with Crippen LogP contribution in [0.5, 0.6) is 5.75 Å². The highest BCUT2D eigenvalue weighted by atomic mass is 32.1. The third kappa shape index (κ3) is 6.33. The van der Waals surface area contributed by atoms with E-state index < -0.39 is 11.2 Å². The molecule has 1 aliphatic heterocycles. The Labute approximate surface area is 233 Å². The lowest BCUT2D eigenvalue weighted by molar-refractivity contribution is -0.0356. The number of hydrogen-bond donors (Lipinski definition) is 2. The summed E-state index contributed by atoms with van der Waals surface area (Å²) in [5.74, 6) is 1.37. The highest BCUT2D eigenvalue weighted by molar-refractivity contribution is 7.15. The van der Waals surface area contributed by atoms with E-state index in [1.54, 1.807) is 18.2 Å². The molecule has 2 aromatic heterocycles. The number of amides is 1. The van der Waals surface area contributed by atoms with Gasteiger partial charge in [-0.25, -0.2) is 19.7 Å². The van der Waals surface area contributed by atoms with Crippen LogP contribution in [0, 0.1) is 0 Å². The van der Waals surface area contributed by atoms with Crippen molar-refractivity contribution in [1.29, 1.82) is 0 Å². The van der Waals surface area contributed by atoms with Crippen LogP contribution in [0.2, 0.25) is 0 Å². The van der Waals surface area contributed by atoms with Crippen molar-refractivity contribution in [3.05, 3.63) is 41.5 Å². The second-order valence-corrected chi connectivity index (χ2v) is 12.3. The number of carbonyl (C=O) groups excluding carboxylic acids is 1. The van der Waals surface area contributed by atoms with E-state index >= 15 is 0 Å². The molecule has 10 heteroatoms. The number of thiazole rings is 1. The van der Waals surface area contributed by atoms with E-state index in [-0.39, 0.29) is 6.09 Å². The van der Waals surface area contributed by atoms with Crippen LogP contribution in [0.25, 0.3) is 21.8 Å². The summed E-state index contributed by atoms with van der Waals surface area (Å²) in [6.45, 7) is 6.34.